The van der Waals surface area contributed by atoms with Gasteiger partial charge in [-0.3, -0.25) is 14.8 Å². The van der Waals surface area contributed by atoms with Gasteiger partial charge in [0.1, 0.15) is 11.8 Å². The molecule has 1 atom stereocenters. The number of aryl methyl sites for hydroxylation is 1. The van der Waals surface area contributed by atoms with E-state index in [1.807, 2.05) is 19.1 Å². The van der Waals surface area contributed by atoms with Crippen LogP contribution in [0, 0.1) is 6.92 Å². The molecule has 3 rings (SSSR count). The van der Waals surface area contributed by atoms with E-state index in [-0.39, 0.29) is 0 Å². The molecule has 3 heterocycles. The number of esters is 1. The molecule has 0 amide bonds. The smallest absolute Gasteiger partial charge is 0.323 e. The fraction of sp³-hybridized carbons (Fsp3) is 0.263. The van der Waals surface area contributed by atoms with Crippen LogP contribution in [0.3, 0.4) is 0 Å². The predicted molar refractivity (Wildman–Crippen MR) is 96.9 cm³/mol. The van der Waals surface area contributed by atoms with E-state index in [0.29, 0.717) is 30.4 Å². The fourth-order valence-corrected chi connectivity index (χ4v) is 2.53. The van der Waals surface area contributed by atoms with Gasteiger partial charge in [0, 0.05) is 30.2 Å². The normalized spacial score (nSPS) is 12.0. The standard InChI is InChI=1S/C19H20N4O3/c1-3-25-19(24)17(20)9-14-4-5-15(10-22-14)26-18-16-11-21-7-6-13(16)8-12(2)23-18/h4-8,10-11,17H,3,9,20H2,1-2H3. The Balaban J connectivity index is 1.75. The first-order chi connectivity index (χ1) is 12.6. The van der Waals surface area contributed by atoms with Gasteiger partial charge in [0.2, 0.25) is 5.88 Å². The number of carbonyl (C=O) groups excluding carboxylic acids is 1. The van der Waals surface area contributed by atoms with Crippen LogP contribution in [-0.4, -0.2) is 33.6 Å². The van der Waals surface area contributed by atoms with E-state index in [0.717, 1.165) is 16.5 Å². The van der Waals surface area contributed by atoms with Gasteiger partial charge in [0.15, 0.2) is 0 Å². The number of hydrogen-bond acceptors (Lipinski definition) is 7. The number of ether oxygens (including phenoxy) is 2. The molecule has 0 fully saturated rings. The lowest BCUT2D eigenvalue weighted by molar-refractivity contribution is -0.144. The zero-order chi connectivity index (χ0) is 18.5. The summed E-state index contributed by atoms with van der Waals surface area (Å²) in [6.07, 6.45) is 5.33. The maximum atomic E-state index is 11.6. The second-order valence-electron chi connectivity index (χ2n) is 5.82. The van der Waals surface area contributed by atoms with Crippen LogP contribution in [0.15, 0.2) is 42.9 Å². The topological polar surface area (TPSA) is 100 Å². The van der Waals surface area contributed by atoms with Crippen molar-refractivity contribution in [1.82, 2.24) is 15.0 Å². The minimum Gasteiger partial charge on any atom is -0.465 e. The first kappa shape index (κ1) is 17.8. The van der Waals surface area contributed by atoms with Gasteiger partial charge in [-0.1, -0.05) is 0 Å². The summed E-state index contributed by atoms with van der Waals surface area (Å²) in [4.78, 5) is 24.5. The Bertz CT molecular complexity index is 912. The molecule has 0 aliphatic heterocycles. The van der Waals surface area contributed by atoms with Crippen molar-refractivity contribution >= 4 is 16.7 Å². The molecule has 0 saturated carbocycles. The van der Waals surface area contributed by atoms with Crippen molar-refractivity contribution in [3.8, 4) is 11.6 Å². The molecule has 0 aromatic carbocycles. The number of pyridine rings is 3. The van der Waals surface area contributed by atoms with Gasteiger partial charge in [0.05, 0.1) is 18.2 Å². The molecule has 7 heteroatoms. The average molecular weight is 352 g/mol. The summed E-state index contributed by atoms with van der Waals surface area (Å²) >= 11 is 0. The highest BCUT2D eigenvalue weighted by atomic mass is 16.5. The van der Waals surface area contributed by atoms with Crippen molar-refractivity contribution in [1.29, 1.82) is 0 Å². The Morgan fingerprint density at radius 1 is 1.27 bits per heavy atom. The SMILES string of the molecule is CCOC(=O)C(N)Cc1ccc(Oc2nc(C)cc3ccncc23)cn1. The predicted octanol–water partition coefficient (Wildman–Crippen LogP) is 2.56. The average Bonchev–Trinajstić information content (AvgIpc) is 2.63. The summed E-state index contributed by atoms with van der Waals surface area (Å²) < 4.78 is 10.8. The molecule has 2 N–H and O–H groups in total. The van der Waals surface area contributed by atoms with Crippen molar-refractivity contribution < 1.29 is 14.3 Å². The second-order valence-corrected chi connectivity index (χ2v) is 5.82. The zero-order valence-electron chi connectivity index (χ0n) is 14.7. The number of rotatable bonds is 6. The number of nitrogens with two attached hydrogens (primary N) is 1. The lowest BCUT2D eigenvalue weighted by Crippen LogP contribution is -2.34. The molecule has 134 valence electrons. The maximum absolute atomic E-state index is 11.6. The zero-order valence-corrected chi connectivity index (χ0v) is 14.7. The summed E-state index contributed by atoms with van der Waals surface area (Å²) in [6, 6.07) is 6.69. The number of fused-ring (bicyclic) bond motifs is 1. The highest BCUT2D eigenvalue weighted by molar-refractivity contribution is 5.86. The number of nitrogens with zero attached hydrogens (tertiary/aromatic N) is 3. The van der Waals surface area contributed by atoms with Crippen molar-refractivity contribution in [3.63, 3.8) is 0 Å². The van der Waals surface area contributed by atoms with E-state index >= 15 is 0 Å². The molecule has 0 saturated heterocycles. The summed E-state index contributed by atoms with van der Waals surface area (Å²) in [6.45, 7) is 3.96. The molecule has 0 bridgehead atoms. The van der Waals surface area contributed by atoms with Crippen molar-refractivity contribution in [2.24, 2.45) is 5.73 Å². The lowest BCUT2D eigenvalue weighted by atomic mass is 10.1. The number of carbonyl (C=O) groups is 1. The monoisotopic (exact) mass is 352 g/mol. The summed E-state index contributed by atoms with van der Waals surface area (Å²) in [5.74, 6) is 0.588. The van der Waals surface area contributed by atoms with Gasteiger partial charge in [-0.05, 0) is 43.5 Å². The van der Waals surface area contributed by atoms with Crippen LogP contribution in [-0.2, 0) is 16.0 Å². The first-order valence-corrected chi connectivity index (χ1v) is 8.33. The summed E-state index contributed by atoms with van der Waals surface area (Å²) in [5, 5.41) is 1.83. The molecule has 0 spiro atoms. The van der Waals surface area contributed by atoms with E-state index < -0.39 is 12.0 Å². The Morgan fingerprint density at radius 2 is 2.12 bits per heavy atom. The van der Waals surface area contributed by atoms with Gasteiger partial charge in [-0.2, -0.15) is 0 Å². The highest BCUT2D eigenvalue weighted by Gasteiger charge is 2.16. The molecule has 0 aliphatic carbocycles. The molecule has 0 radical (unpaired) electrons. The Morgan fingerprint density at radius 3 is 2.85 bits per heavy atom. The van der Waals surface area contributed by atoms with Crippen molar-refractivity contribution in [3.05, 3.63) is 54.2 Å². The fourth-order valence-electron chi connectivity index (χ4n) is 2.53. The van der Waals surface area contributed by atoms with Crippen LogP contribution in [0.4, 0.5) is 0 Å². The molecular formula is C19H20N4O3. The van der Waals surface area contributed by atoms with Crippen LogP contribution in [0.25, 0.3) is 10.8 Å². The van der Waals surface area contributed by atoms with Gasteiger partial charge >= 0.3 is 5.97 Å². The van der Waals surface area contributed by atoms with Crippen LogP contribution in [0.5, 0.6) is 11.6 Å². The third-order valence-electron chi connectivity index (χ3n) is 3.76. The molecule has 7 nitrogen and oxygen atoms in total. The van der Waals surface area contributed by atoms with E-state index in [2.05, 4.69) is 15.0 Å². The largest absolute Gasteiger partial charge is 0.465 e. The molecule has 26 heavy (non-hydrogen) atoms. The number of hydrogen-bond donors (Lipinski definition) is 1. The van der Waals surface area contributed by atoms with Crippen LogP contribution < -0.4 is 10.5 Å². The van der Waals surface area contributed by atoms with Gasteiger partial charge in [-0.25, -0.2) is 4.98 Å². The lowest BCUT2D eigenvalue weighted by Gasteiger charge is -2.11. The van der Waals surface area contributed by atoms with Crippen LogP contribution in [0.1, 0.15) is 18.3 Å². The van der Waals surface area contributed by atoms with E-state index in [1.165, 1.54) is 0 Å². The molecule has 0 aliphatic rings. The third kappa shape index (κ3) is 4.12. The summed E-state index contributed by atoms with van der Waals surface area (Å²) in [7, 11) is 0. The quantitative estimate of drug-likeness (QED) is 0.680. The molecule has 3 aromatic rings. The second kappa shape index (κ2) is 7.88. The van der Waals surface area contributed by atoms with Gasteiger partial charge < -0.3 is 15.2 Å². The summed E-state index contributed by atoms with van der Waals surface area (Å²) in [5.41, 5.74) is 7.35. The maximum Gasteiger partial charge on any atom is 0.323 e. The van der Waals surface area contributed by atoms with Gasteiger partial charge in [0.25, 0.3) is 0 Å². The molecule has 3 aromatic heterocycles. The Kier molecular flexibility index (Phi) is 5.38. The van der Waals surface area contributed by atoms with Crippen molar-refractivity contribution in [2.45, 2.75) is 26.3 Å². The minimum absolute atomic E-state index is 0.300. The molecule has 1 unspecified atom stereocenters. The first-order valence-electron chi connectivity index (χ1n) is 8.33. The van der Waals surface area contributed by atoms with Crippen LogP contribution >= 0.6 is 0 Å². The van der Waals surface area contributed by atoms with E-state index in [4.69, 9.17) is 15.2 Å². The van der Waals surface area contributed by atoms with E-state index in [9.17, 15) is 4.79 Å². The number of aromatic nitrogens is 3. The van der Waals surface area contributed by atoms with Crippen molar-refractivity contribution in [2.75, 3.05) is 6.61 Å². The van der Waals surface area contributed by atoms with Crippen LogP contribution in [0.2, 0.25) is 0 Å². The molecular weight excluding hydrogens is 332 g/mol. The Labute approximate surface area is 151 Å². The Hall–Kier alpha value is -3.06. The van der Waals surface area contributed by atoms with Gasteiger partial charge in [-0.15, -0.1) is 0 Å². The van der Waals surface area contributed by atoms with E-state index in [1.54, 1.807) is 37.6 Å². The third-order valence-corrected chi connectivity index (χ3v) is 3.76. The highest BCUT2D eigenvalue weighted by Crippen LogP contribution is 2.27. The minimum atomic E-state index is -0.734.